The third kappa shape index (κ3) is 3.66. The Morgan fingerprint density at radius 2 is 1.89 bits per heavy atom. The van der Waals surface area contributed by atoms with Gasteiger partial charge in [-0.1, -0.05) is 57.5 Å². The minimum absolute atomic E-state index is 0.0691. The Hall–Kier alpha value is -2.32. The molecular weight excluding hydrogens is 438 g/mol. The number of fused-ring (bicyclic) bond motifs is 1. The van der Waals surface area contributed by atoms with E-state index in [1.165, 1.54) is 17.3 Å². The number of rotatable bonds is 3. The predicted molar refractivity (Wildman–Crippen MR) is 115 cm³/mol. The van der Waals surface area contributed by atoms with E-state index in [4.69, 9.17) is 0 Å². The lowest BCUT2D eigenvalue weighted by Crippen LogP contribution is -2.41. The van der Waals surface area contributed by atoms with E-state index in [9.17, 15) is 4.79 Å². The van der Waals surface area contributed by atoms with E-state index in [1.54, 1.807) is 0 Å². The van der Waals surface area contributed by atoms with Crippen LogP contribution in [0.25, 0.3) is 0 Å². The van der Waals surface area contributed by atoms with Crippen LogP contribution in [0.5, 0.6) is 0 Å². The zero-order valence-corrected chi connectivity index (χ0v) is 18.1. The number of aromatic nitrogens is 3. The second-order valence-electron chi connectivity index (χ2n) is 6.87. The molecule has 3 aromatic rings. The first-order chi connectivity index (χ1) is 13.4. The van der Waals surface area contributed by atoms with Crippen molar-refractivity contribution in [2.75, 3.05) is 10.7 Å². The van der Waals surface area contributed by atoms with Crippen molar-refractivity contribution in [3.63, 3.8) is 0 Å². The molecule has 0 bridgehead atoms. The van der Waals surface area contributed by atoms with E-state index >= 15 is 0 Å². The normalized spacial score (nSPS) is 18.3. The molecule has 0 radical (unpaired) electrons. The number of nitrogens with one attached hydrogen (secondary N) is 2. The number of benzene rings is 2. The molecule has 1 aromatic heterocycles. The number of aryl methyl sites for hydroxylation is 3. The molecule has 144 valence electrons. The quantitative estimate of drug-likeness (QED) is 0.610. The lowest BCUT2D eigenvalue weighted by molar-refractivity contribution is -0.116. The van der Waals surface area contributed by atoms with Crippen LogP contribution in [0.3, 0.4) is 0 Å². The summed E-state index contributed by atoms with van der Waals surface area (Å²) in [6.45, 7) is 5.92. The average Bonchev–Trinajstić information content (AvgIpc) is 3.04. The van der Waals surface area contributed by atoms with E-state index in [2.05, 4.69) is 68.1 Å². The average molecular weight is 458 g/mol. The summed E-state index contributed by atoms with van der Waals surface area (Å²) in [6, 6.07) is 13.8. The summed E-state index contributed by atoms with van der Waals surface area (Å²) >= 11 is 4.89. The summed E-state index contributed by atoms with van der Waals surface area (Å²) in [7, 11) is 0. The van der Waals surface area contributed by atoms with Crippen LogP contribution in [0.4, 0.5) is 5.69 Å². The number of carbonyl (C=O) groups is 1. The molecule has 0 aliphatic carbocycles. The highest BCUT2D eigenvalue weighted by molar-refractivity contribution is 9.10. The molecule has 28 heavy (non-hydrogen) atoms. The Labute approximate surface area is 176 Å². The van der Waals surface area contributed by atoms with Crippen LogP contribution in [-0.2, 0) is 4.79 Å². The van der Waals surface area contributed by atoms with E-state index in [0.717, 1.165) is 27.1 Å². The predicted octanol–water partition coefficient (Wildman–Crippen LogP) is 4.36. The molecule has 2 N–H and O–H groups in total. The van der Waals surface area contributed by atoms with Gasteiger partial charge in [-0.05, 0) is 50.1 Å². The number of halogens is 1. The second kappa shape index (κ2) is 7.60. The lowest BCUT2D eigenvalue weighted by atomic mass is 10.0. The molecule has 0 saturated heterocycles. The molecule has 4 rings (SSSR count). The van der Waals surface area contributed by atoms with Gasteiger partial charge in [0, 0.05) is 10.2 Å². The van der Waals surface area contributed by atoms with Crippen molar-refractivity contribution >= 4 is 39.3 Å². The molecule has 0 spiro atoms. The van der Waals surface area contributed by atoms with Crippen LogP contribution >= 0.6 is 27.7 Å². The second-order valence-corrected chi connectivity index (χ2v) is 8.89. The fraction of sp³-hybridized carbons (Fsp3) is 0.250. The number of carbonyl (C=O) groups excluding carboxylic acids is 1. The van der Waals surface area contributed by atoms with E-state index in [0.29, 0.717) is 5.16 Å². The van der Waals surface area contributed by atoms with Gasteiger partial charge >= 0.3 is 0 Å². The smallest absolute Gasteiger partial charge is 0.240 e. The lowest BCUT2D eigenvalue weighted by Gasteiger charge is -2.33. The Morgan fingerprint density at radius 1 is 1.14 bits per heavy atom. The topological polar surface area (TPSA) is 71.8 Å². The fourth-order valence-electron chi connectivity index (χ4n) is 3.16. The van der Waals surface area contributed by atoms with Gasteiger partial charge < -0.3 is 10.7 Å². The number of thioether (sulfide) groups is 1. The standard InChI is InChI=1S/C20H20BrN5OS/c1-11-4-6-14(7-5-11)17-18(28-20-24-23-13(3)26(20)25-17)19(27)22-16-9-8-15(21)10-12(16)2/h4-10,17-18,25H,1-3H3,(H,22,27)/t17-,18-/m1/s1. The third-order valence-corrected chi connectivity index (χ3v) is 6.45. The zero-order valence-electron chi connectivity index (χ0n) is 15.7. The molecule has 1 aliphatic rings. The number of hydrogen-bond acceptors (Lipinski definition) is 5. The first-order valence-electron chi connectivity index (χ1n) is 8.91. The molecule has 0 fully saturated rings. The summed E-state index contributed by atoms with van der Waals surface area (Å²) in [5.74, 6) is 0.697. The number of hydrogen-bond donors (Lipinski definition) is 2. The third-order valence-electron chi connectivity index (χ3n) is 4.74. The summed E-state index contributed by atoms with van der Waals surface area (Å²) in [5.41, 5.74) is 7.46. The first kappa shape index (κ1) is 19.0. The monoisotopic (exact) mass is 457 g/mol. The Balaban J connectivity index is 1.67. The fourth-order valence-corrected chi connectivity index (χ4v) is 4.76. The Bertz CT molecular complexity index is 1030. The molecule has 2 heterocycles. The van der Waals surface area contributed by atoms with Crippen LogP contribution in [0, 0.1) is 20.8 Å². The van der Waals surface area contributed by atoms with Crippen molar-refractivity contribution < 1.29 is 4.79 Å². The van der Waals surface area contributed by atoms with Gasteiger partial charge in [0.15, 0.2) is 0 Å². The minimum Gasteiger partial charge on any atom is -0.325 e. The van der Waals surface area contributed by atoms with Gasteiger partial charge in [-0.15, -0.1) is 10.2 Å². The van der Waals surface area contributed by atoms with Crippen LogP contribution in [0.15, 0.2) is 52.1 Å². The van der Waals surface area contributed by atoms with E-state index in [1.807, 2.05) is 36.7 Å². The van der Waals surface area contributed by atoms with Gasteiger partial charge in [0.25, 0.3) is 0 Å². The maximum absolute atomic E-state index is 13.2. The van der Waals surface area contributed by atoms with Crippen LogP contribution < -0.4 is 10.7 Å². The molecule has 8 heteroatoms. The Kier molecular flexibility index (Phi) is 5.16. The van der Waals surface area contributed by atoms with Gasteiger partial charge in [0.05, 0.1) is 6.04 Å². The molecule has 1 aliphatic heterocycles. The molecule has 1 amide bonds. The maximum atomic E-state index is 13.2. The summed E-state index contributed by atoms with van der Waals surface area (Å²) in [5, 5.41) is 11.7. The zero-order chi connectivity index (χ0) is 19.8. The van der Waals surface area contributed by atoms with Crippen molar-refractivity contribution in [1.29, 1.82) is 0 Å². The first-order valence-corrected chi connectivity index (χ1v) is 10.6. The highest BCUT2D eigenvalue weighted by Crippen LogP contribution is 2.37. The summed E-state index contributed by atoms with van der Waals surface area (Å²) < 4.78 is 2.84. The van der Waals surface area contributed by atoms with Gasteiger partial charge in [-0.3, -0.25) is 4.79 Å². The SMILES string of the molecule is Cc1ccc([C@H]2Nn3c(C)nnc3S[C@H]2C(=O)Nc2ccc(Br)cc2C)cc1. The largest absolute Gasteiger partial charge is 0.325 e. The van der Waals surface area contributed by atoms with Crippen molar-refractivity contribution in [1.82, 2.24) is 14.9 Å². The number of amides is 1. The van der Waals surface area contributed by atoms with Crippen LogP contribution in [0.2, 0.25) is 0 Å². The molecule has 0 saturated carbocycles. The molecule has 0 unspecified atom stereocenters. The van der Waals surface area contributed by atoms with E-state index in [-0.39, 0.29) is 17.2 Å². The minimum atomic E-state index is -0.387. The van der Waals surface area contributed by atoms with Crippen molar-refractivity contribution in [3.8, 4) is 0 Å². The highest BCUT2D eigenvalue weighted by atomic mass is 79.9. The Morgan fingerprint density at radius 3 is 2.61 bits per heavy atom. The summed E-state index contributed by atoms with van der Waals surface area (Å²) in [4.78, 5) is 13.2. The van der Waals surface area contributed by atoms with Gasteiger partial charge in [0.2, 0.25) is 11.1 Å². The van der Waals surface area contributed by atoms with E-state index < -0.39 is 0 Å². The molecule has 2 aromatic carbocycles. The van der Waals surface area contributed by atoms with Crippen LogP contribution in [-0.4, -0.2) is 26.0 Å². The summed E-state index contributed by atoms with van der Waals surface area (Å²) in [6.07, 6.45) is 0. The number of nitrogens with zero attached hydrogens (tertiary/aromatic N) is 3. The van der Waals surface area contributed by atoms with Crippen molar-refractivity contribution in [2.24, 2.45) is 0 Å². The van der Waals surface area contributed by atoms with Crippen molar-refractivity contribution in [2.45, 2.75) is 37.2 Å². The highest BCUT2D eigenvalue weighted by Gasteiger charge is 2.37. The number of anilines is 1. The molecule has 6 nitrogen and oxygen atoms in total. The molecule has 2 atom stereocenters. The molecular formula is C20H20BrN5OS. The van der Waals surface area contributed by atoms with Gasteiger partial charge in [-0.25, -0.2) is 4.68 Å². The van der Waals surface area contributed by atoms with Gasteiger partial charge in [0.1, 0.15) is 11.1 Å². The van der Waals surface area contributed by atoms with Gasteiger partial charge in [-0.2, -0.15) is 0 Å². The maximum Gasteiger partial charge on any atom is 0.240 e. The van der Waals surface area contributed by atoms with Crippen LogP contribution in [0.1, 0.15) is 28.6 Å². The van der Waals surface area contributed by atoms with Crippen molar-refractivity contribution in [3.05, 3.63) is 69.5 Å².